The van der Waals surface area contributed by atoms with Crippen LogP contribution in [0.2, 0.25) is 0 Å². The molecule has 17 heavy (non-hydrogen) atoms. The van der Waals surface area contributed by atoms with E-state index in [0.29, 0.717) is 24.3 Å². The fourth-order valence-electron chi connectivity index (χ4n) is 1.60. The van der Waals surface area contributed by atoms with Crippen molar-refractivity contribution in [1.82, 2.24) is 5.16 Å². The number of aryl methyl sites for hydroxylation is 1. The van der Waals surface area contributed by atoms with E-state index in [2.05, 4.69) is 5.16 Å². The zero-order valence-electron chi connectivity index (χ0n) is 10.7. The number of aromatic nitrogens is 1. The van der Waals surface area contributed by atoms with E-state index < -0.39 is 11.6 Å². The van der Waals surface area contributed by atoms with Crippen molar-refractivity contribution in [3.05, 3.63) is 17.0 Å². The molecule has 0 amide bonds. The molecule has 0 radical (unpaired) electrons. The largest absolute Gasteiger partial charge is 0.477 e. The fraction of sp³-hybridized carbons (Fsp3) is 0.667. The first-order chi connectivity index (χ1) is 7.91. The third kappa shape index (κ3) is 3.30. The van der Waals surface area contributed by atoms with Gasteiger partial charge in [-0.1, -0.05) is 12.1 Å². The molecule has 1 N–H and O–H groups in total. The SMILES string of the molecule is CCCc1onc(CC(C)(C)OC)c1C(=O)O. The third-order valence-corrected chi connectivity index (χ3v) is 2.67. The summed E-state index contributed by atoms with van der Waals surface area (Å²) in [6, 6.07) is 0. The Hall–Kier alpha value is -1.36. The standard InChI is InChI=1S/C12H19NO4/c1-5-6-9-10(11(14)15)8(13-17-9)7-12(2,3)16-4/h5-7H2,1-4H3,(H,14,15). The van der Waals surface area contributed by atoms with Crippen LogP contribution in [-0.4, -0.2) is 28.9 Å². The molecule has 1 aromatic heterocycles. The van der Waals surface area contributed by atoms with Gasteiger partial charge in [-0.25, -0.2) is 4.79 Å². The zero-order chi connectivity index (χ0) is 13.1. The van der Waals surface area contributed by atoms with Crippen LogP contribution in [0.5, 0.6) is 0 Å². The van der Waals surface area contributed by atoms with Gasteiger partial charge >= 0.3 is 5.97 Å². The number of hydrogen-bond donors (Lipinski definition) is 1. The molecule has 5 heteroatoms. The maximum atomic E-state index is 11.2. The minimum absolute atomic E-state index is 0.192. The molecule has 0 saturated carbocycles. The summed E-state index contributed by atoms with van der Waals surface area (Å²) in [5.74, 6) is -0.543. The van der Waals surface area contributed by atoms with Gasteiger partial charge in [0.1, 0.15) is 11.3 Å². The maximum Gasteiger partial charge on any atom is 0.341 e. The van der Waals surface area contributed by atoms with E-state index in [1.807, 2.05) is 20.8 Å². The summed E-state index contributed by atoms with van der Waals surface area (Å²) in [7, 11) is 1.59. The Labute approximate surface area is 101 Å². The summed E-state index contributed by atoms with van der Waals surface area (Å²) < 4.78 is 10.4. The Morgan fingerprint density at radius 3 is 2.65 bits per heavy atom. The highest BCUT2D eigenvalue weighted by Crippen LogP contribution is 2.22. The van der Waals surface area contributed by atoms with Crippen molar-refractivity contribution >= 4 is 5.97 Å². The van der Waals surface area contributed by atoms with Crippen LogP contribution in [0.1, 0.15) is 49.0 Å². The normalized spacial score (nSPS) is 11.8. The van der Waals surface area contributed by atoms with Crippen molar-refractivity contribution in [2.75, 3.05) is 7.11 Å². The predicted molar refractivity (Wildman–Crippen MR) is 62.2 cm³/mol. The minimum atomic E-state index is -0.989. The molecule has 0 aliphatic rings. The highest BCUT2D eigenvalue weighted by molar-refractivity contribution is 5.90. The van der Waals surface area contributed by atoms with Gasteiger partial charge < -0.3 is 14.4 Å². The van der Waals surface area contributed by atoms with Crippen molar-refractivity contribution in [2.24, 2.45) is 0 Å². The number of aromatic carboxylic acids is 1. The van der Waals surface area contributed by atoms with Crippen LogP contribution in [0.25, 0.3) is 0 Å². The number of carboxylic acid groups (broad SMARTS) is 1. The van der Waals surface area contributed by atoms with Crippen LogP contribution in [0.4, 0.5) is 0 Å². The van der Waals surface area contributed by atoms with E-state index in [1.54, 1.807) is 7.11 Å². The third-order valence-electron chi connectivity index (χ3n) is 2.67. The van der Waals surface area contributed by atoms with Gasteiger partial charge in [-0.2, -0.15) is 0 Å². The molecule has 0 bridgehead atoms. The van der Waals surface area contributed by atoms with Gasteiger partial charge in [0.15, 0.2) is 5.76 Å². The van der Waals surface area contributed by atoms with Crippen LogP contribution < -0.4 is 0 Å². The van der Waals surface area contributed by atoms with Crippen LogP contribution in [-0.2, 0) is 17.6 Å². The maximum absolute atomic E-state index is 11.2. The van der Waals surface area contributed by atoms with Crippen molar-refractivity contribution in [2.45, 2.75) is 45.6 Å². The average molecular weight is 241 g/mol. The molecule has 0 unspecified atom stereocenters. The molecular weight excluding hydrogens is 222 g/mol. The summed E-state index contributed by atoms with van der Waals surface area (Å²) in [5, 5.41) is 13.0. The second-order valence-corrected chi connectivity index (χ2v) is 4.62. The lowest BCUT2D eigenvalue weighted by Gasteiger charge is -2.21. The number of carboxylic acids is 1. The first kappa shape index (κ1) is 13.7. The van der Waals surface area contributed by atoms with Crippen molar-refractivity contribution in [3.63, 3.8) is 0 Å². The fourth-order valence-corrected chi connectivity index (χ4v) is 1.60. The number of methoxy groups -OCH3 is 1. The van der Waals surface area contributed by atoms with Gasteiger partial charge in [0.25, 0.3) is 0 Å². The molecule has 96 valence electrons. The molecule has 0 aliphatic heterocycles. The van der Waals surface area contributed by atoms with Gasteiger partial charge in [0.05, 0.1) is 5.60 Å². The molecule has 0 spiro atoms. The van der Waals surface area contributed by atoms with Crippen molar-refractivity contribution in [3.8, 4) is 0 Å². The van der Waals surface area contributed by atoms with Crippen LogP contribution >= 0.6 is 0 Å². The zero-order valence-corrected chi connectivity index (χ0v) is 10.7. The van der Waals surface area contributed by atoms with Crippen LogP contribution in [0, 0.1) is 0 Å². The summed E-state index contributed by atoms with van der Waals surface area (Å²) >= 11 is 0. The summed E-state index contributed by atoms with van der Waals surface area (Å²) in [6.45, 7) is 5.73. The molecule has 0 aromatic carbocycles. The lowest BCUT2D eigenvalue weighted by molar-refractivity contribution is 0.0216. The average Bonchev–Trinajstić information content (AvgIpc) is 2.61. The van der Waals surface area contributed by atoms with Gasteiger partial charge in [-0.3, -0.25) is 0 Å². The lowest BCUT2D eigenvalue weighted by atomic mass is 9.98. The van der Waals surface area contributed by atoms with Crippen LogP contribution in [0.15, 0.2) is 4.52 Å². The number of rotatable bonds is 6. The molecular formula is C12H19NO4. The Balaban J connectivity index is 3.04. The van der Waals surface area contributed by atoms with Crippen molar-refractivity contribution < 1.29 is 19.2 Å². The molecule has 1 rings (SSSR count). The topological polar surface area (TPSA) is 72.6 Å². The summed E-state index contributed by atoms with van der Waals surface area (Å²) in [4.78, 5) is 11.2. The number of hydrogen-bond acceptors (Lipinski definition) is 4. The Kier molecular flexibility index (Phi) is 4.28. The molecule has 1 heterocycles. The van der Waals surface area contributed by atoms with Crippen LogP contribution in [0.3, 0.4) is 0 Å². The highest BCUT2D eigenvalue weighted by Gasteiger charge is 2.27. The predicted octanol–water partition coefficient (Wildman–Crippen LogP) is 2.29. The summed E-state index contributed by atoms with van der Waals surface area (Å²) in [6.07, 6.45) is 1.82. The number of carbonyl (C=O) groups is 1. The molecule has 0 fully saturated rings. The van der Waals surface area contributed by atoms with E-state index >= 15 is 0 Å². The first-order valence-corrected chi connectivity index (χ1v) is 5.67. The molecule has 5 nitrogen and oxygen atoms in total. The van der Waals surface area contributed by atoms with Gasteiger partial charge in [-0.05, 0) is 20.3 Å². The van der Waals surface area contributed by atoms with Gasteiger partial charge in [0, 0.05) is 20.0 Å². The molecule has 0 saturated heterocycles. The van der Waals surface area contributed by atoms with E-state index in [9.17, 15) is 9.90 Å². The lowest BCUT2D eigenvalue weighted by Crippen LogP contribution is -2.26. The Bertz CT molecular complexity index is 395. The highest BCUT2D eigenvalue weighted by atomic mass is 16.5. The quantitative estimate of drug-likeness (QED) is 0.827. The Morgan fingerprint density at radius 1 is 1.53 bits per heavy atom. The van der Waals surface area contributed by atoms with Crippen molar-refractivity contribution in [1.29, 1.82) is 0 Å². The molecule has 0 aliphatic carbocycles. The van der Waals surface area contributed by atoms with Gasteiger partial charge in [-0.15, -0.1) is 0 Å². The second kappa shape index (κ2) is 5.31. The van der Waals surface area contributed by atoms with E-state index in [1.165, 1.54) is 0 Å². The molecule has 1 aromatic rings. The van der Waals surface area contributed by atoms with E-state index in [-0.39, 0.29) is 5.56 Å². The number of ether oxygens (including phenoxy) is 1. The number of nitrogens with zero attached hydrogens (tertiary/aromatic N) is 1. The van der Waals surface area contributed by atoms with E-state index in [0.717, 1.165) is 6.42 Å². The second-order valence-electron chi connectivity index (χ2n) is 4.62. The Morgan fingerprint density at radius 2 is 2.18 bits per heavy atom. The van der Waals surface area contributed by atoms with Gasteiger partial charge in [0.2, 0.25) is 0 Å². The smallest absolute Gasteiger partial charge is 0.341 e. The summed E-state index contributed by atoms with van der Waals surface area (Å²) in [5.41, 5.74) is 0.189. The van der Waals surface area contributed by atoms with E-state index in [4.69, 9.17) is 9.26 Å². The minimum Gasteiger partial charge on any atom is -0.477 e. The monoisotopic (exact) mass is 241 g/mol. The molecule has 0 atom stereocenters. The first-order valence-electron chi connectivity index (χ1n) is 5.67.